The molecule has 20 heavy (non-hydrogen) atoms. The molecule has 0 atom stereocenters. The summed E-state index contributed by atoms with van der Waals surface area (Å²) in [7, 11) is 0. The molecule has 5 N–H and O–H groups in total. The van der Waals surface area contributed by atoms with Crippen molar-refractivity contribution in [2.75, 3.05) is 29.5 Å². The van der Waals surface area contributed by atoms with Gasteiger partial charge < -0.3 is 21.5 Å². The van der Waals surface area contributed by atoms with E-state index >= 15 is 0 Å². The first kappa shape index (κ1) is 14.8. The van der Waals surface area contributed by atoms with Gasteiger partial charge in [0.25, 0.3) is 0 Å². The van der Waals surface area contributed by atoms with Crippen LogP contribution in [-0.4, -0.2) is 33.8 Å². The molecule has 0 aromatic carbocycles. The average Bonchev–Trinajstić information content (AvgIpc) is 2.62. The number of hydrogen-bond donors (Lipinski definition) is 4. The van der Waals surface area contributed by atoms with Crippen molar-refractivity contribution in [2.24, 2.45) is 0 Å². The number of anilines is 3. The Balaban J connectivity index is 1.98. The van der Waals surface area contributed by atoms with Crippen LogP contribution in [0, 0.1) is 0 Å². The zero-order chi connectivity index (χ0) is 14.4. The van der Waals surface area contributed by atoms with Gasteiger partial charge in [-0.05, 0) is 19.8 Å². The van der Waals surface area contributed by atoms with Gasteiger partial charge in [0.05, 0.1) is 5.60 Å². The van der Waals surface area contributed by atoms with E-state index in [9.17, 15) is 5.11 Å². The fraction of sp³-hybridized carbons (Fsp3) is 0.714. The van der Waals surface area contributed by atoms with E-state index in [2.05, 4.69) is 20.6 Å². The van der Waals surface area contributed by atoms with Crippen LogP contribution in [0.15, 0.2) is 6.07 Å². The number of nitrogens with one attached hydrogen (secondary N) is 2. The Morgan fingerprint density at radius 1 is 1.15 bits per heavy atom. The fourth-order valence-electron chi connectivity index (χ4n) is 2.65. The minimum absolute atomic E-state index is 0.235. The van der Waals surface area contributed by atoms with Gasteiger partial charge in [0.2, 0.25) is 5.95 Å². The van der Waals surface area contributed by atoms with E-state index in [1.54, 1.807) is 0 Å². The molecule has 6 nitrogen and oxygen atoms in total. The lowest BCUT2D eigenvalue weighted by atomic mass is 9.94. The van der Waals surface area contributed by atoms with E-state index in [1.165, 1.54) is 12.8 Å². The maximum absolute atomic E-state index is 10.6. The molecule has 0 amide bonds. The molecule has 0 saturated heterocycles. The van der Waals surface area contributed by atoms with Gasteiger partial charge in [-0.25, -0.2) is 0 Å². The molecule has 1 aromatic rings. The number of aliphatic hydroxyl groups is 1. The van der Waals surface area contributed by atoms with E-state index in [4.69, 9.17) is 5.73 Å². The largest absolute Gasteiger partial charge is 0.388 e. The highest BCUT2D eigenvalue weighted by molar-refractivity contribution is 5.51. The smallest absolute Gasteiger partial charge is 0.223 e. The maximum Gasteiger partial charge on any atom is 0.223 e. The number of nitrogen functional groups attached to an aromatic ring is 1. The van der Waals surface area contributed by atoms with Crippen molar-refractivity contribution in [1.29, 1.82) is 0 Å². The molecule has 0 spiro atoms. The van der Waals surface area contributed by atoms with Gasteiger partial charge >= 0.3 is 0 Å². The maximum atomic E-state index is 10.6. The van der Waals surface area contributed by atoms with Crippen LogP contribution in [0.5, 0.6) is 0 Å². The predicted octanol–water partition coefficient (Wildman–Crippen LogP) is 1.99. The Labute approximate surface area is 120 Å². The van der Waals surface area contributed by atoms with Gasteiger partial charge in [-0.1, -0.05) is 25.7 Å². The second-order valence-electron chi connectivity index (χ2n) is 5.52. The highest BCUT2D eigenvalue weighted by Crippen LogP contribution is 2.27. The monoisotopic (exact) mass is 279 g/mol. The van der Waals surface area contributed by atoms with Crippen LogP contribution in [-0.2, 0) is 0 Å². The quantitative estimate of drug-likeness (QED) is 0.616. The Morgan fingerprint density at radius 2 is 1.75 bits per heavy atom. The van der Waals surface area contributed by atoms with Crippen molar-refractivity contribution in [3.8, 4) is 0 Å². The Hall–Kier alpha value is -1.56. The summed E-state index contributed by atoms with van der Waals surface area (Å²) in [5, 5.41) is 16.9. The molecule has 1 aliphatic carbocycles. The molecule has 0 bridgehead atoms. The lowest BCUT2D eigenvalue weighted by Gasteiger charge is -2.27. The standard InChI is InChI=1S/C14H25N5O/c1-2-16-11-9-12(19-13(15)18-11)17-10-14(20)7-5-3-4-6-8-14/h9,20H,2-8,10H2,1H3,(H4,15,16,17,18,19). The third kappa shape index (κ3) is 4.23. The van der Waals surface area contributed by atoms with E-state index in [0.717, 1.165) is 32.2 Å². The van der Waals surface area contributed by atoms with Crippen molar-refractivity contribution in [3.05, 3.63) is 6.07 Å². The van der Waals surface area contributed by atoms with Gasteiger partial charge in [-0.2, -0.15) is 9.97 Å². The summed E-state index contributed by atoms with van der Waals surface area (Å²) in [6.45, 7) is 3.29. The summed E-state index contributed by atoms with van der Waals surface area (Å²) in [5.74, 6) is 1.60. The van der Waals surface area contributed by atoms with Crippen LogP contribution < -0.4 is 16.4 Å². The molecule has 1 aromatic heterocycles. The zero-order valence-corrected chi connectivity index (χ0v) is 12.2. The summed E-state index contributed by atoms with van der Waals surface area (Å²) in [6, 6.07) is 1.82. The van der Waals surface area contributed by atoms with Crippen molar-refractivity contribution in [1.82, 2.24) is 9.97 Å². The predicted molar refractivity (Wildman–Crippen MR) is 81.7 cm³/mol. The lowest BCUT2D eigenvalue weighted by molar-refractivity contribution is 0.0380. The van der Waals surface area contributed by atoms with Crippen LogP contribution in [0.2, 0.25) is 0 Å². The van der Waals surface area contributed by atoms with E-state index in [0.29, 0.717) is 18.2 Å². The topological polar surface area (TPSA) is 96.1 Å². The summed E-state index contributed by atoms with van der Waals surface area (Å²) in [4.78, 5) is 8.26. The van der Waals surface area contributed by atoms with Crippen molar-refractivity contribution in [2.45, 2.75) is 51.0 Å². The molecule has 1 fully saturated rings. The Bertz CT molecular complexity index is 430. The van der Waals surface area contributed by atoms with Crippen molar-refractivity contribution in [3.63, 3.8) is 0 Å². The van der Waals surface area contributed by atoms with Crippen LogP contribution in [0.3, 0.4) is 0 Å². The SMILES string of the molecule is CCNc1cc(NCC2(O)CCCCCC2)nc(N)n1. The third-order valence-electron chi connectivity index (χ3n) is 3.73. The van der Waals surface area contributed by atoms with E-state index in [1.807, 2.05) is 13.0 Å². The molecule has 0 unspecified atom stereocenters. The van der Waals surface area contributed by atoms with Crippen LogP contribution in [0.25, 0.3) is 0 Å². The lowest BCUT2D eigenvalue weighted by Crippen LogP contribution is -2.36. The molecular formula is C14H25N5O. The Morgan fingerprint density at radius 3 is 2.35 bits per heavy atom. The molecule has 1 saturated carbocycles. The number of nitrogens with zero attached hydrogens (tertiary/aromatic N) is 2. The first-order valence-electron chi connectivity index (χ1n) is 7.46. The molecule has 1 aliphatic rings. The summed E-state index contributed by atoms with van der Waals surface area (Å²) in [6.07, 6.45) is 6.31. The minimum atomic E-state index is -0.630. The molecule has 112 valence electrons. The van der Waals surface area contributed by atoms with Gasteiger partial charge in [-0.3, -0.25) is 0 Å². The second kappa shape index (κ2) is 6.74. The second-order valence-corrected chi connectivity index (χ2v) is 5.52. The molecule has 0 aliphatic heterocycles. The number of nitrogens with two attached hydrogens (primary N) is 1. The van der Waals surface area contributed by atoms with Gasteiger partial charge in [-0.15, -0.1) is 0 Å². The van der Waals surface area contributed by atoms with Gasteiger partial charge in [0.1, 0.15) is 11.6 Å². The summed E-state index contributed by atoms with van der Waals surface area (Å²) < 4.78 is 0. The number of hydrogen-bond acceptors (Lipinski definition) is 6. The summed E-state index contributed by atoms with van der Waals surface area (Å²) >= 11 is 0. The molecule has 0 radical (unpaired) electrons. The molecule has 1 heterocycles. The summed E-state index contributed by atoms with van der Waals surface area (Å²) in [5.41, 5.74) is 5.06. The van der Waals surface area contributed by atoms with Crippen LogP contribution in [0.1, 0.15) is 45.4 Å². The number of rotatable bonds is 5. The first-order valence-corrected chi connectivity index (χ1v) is 7.46. The van der Waals surface area contributed by atoms with Crippen molar-refractivity contribution >= 4 is 17.6 Å². The molecule has 2 rings (SSSR count). The highest BCUT2D eigenvalue weighted by atomic mass is 16.3. The minimum Gasteiger partial charge on any atom is -0.388 e. The zero-order valence-electron chi connectivity index (χ0n) is 12.2. The Kier molecular flexibility index (Phi) is 5.00. The fourth-order valence-corrected chi connectivity index (χ4v) is 2.65. The van der Waals surface area contributed by atoms with Crippen molar-refractivity contribution < 1.29 is 5.11 Å². The van der Waals surface area contributed by atoms with Crippen LogP contribution >= 0.6 is 0 Å². The van der Waals surface area contributed by atoms with E-state index < -0.39 is 5.60 Å². The molecular weight excluding hydrogens is 254 g/mol. The average molecular weight is 279 g/mol. The van der Waals surface area contributed by atoms with Gasteiger partial charge in [0, 0.05) is 19.2 Å². The van der Waals surface area contributed by atoms with Crippen LogP contribution in [0.4, 0.5) is 17.6 Å². The normalized spacial score (nSPS) is 18.3. The van der Waals surface area contributed by atoms with Gasteiger partial charge in [0.15, 0.2) is 0 Å². The van der Waals surface area contributed by atoms with E-state index in [-0.39, 0.29) is 5.95 Å². The highest BCUT2D eigenvalue weighted by Gasteiger charge is 2.27. The number of aromatic nitrogens is 2. The first-order chi connectivity index (χ1) is 9.61. The molecule has 6 heteroatoms. The third-order valence-corrected chi connectivity index (χ3v) is 3.73.